The van der Waals surface area contributed by atoms with E-state index in [1.165, 1.54) is 0 Å². The van der Waals surface area contributed by atoms with Crippen molar-refractivity contribution in [1.82, 2.24) is 5.16 Å². The summed E-state index contributed by atoms with van der Waals surface area (Å²) in [6.45, 7) is 0. The zero-order valence-corrected chi connectivity index (χ0v) is 7.77. The van der Waals surface area contributed by atoms with Crippen LogP contribution in [-0.2, 0) is 11.2 Å². The van der Waals surface area contributed by atoms with E-state index in [1.807, 2.05) is 0 Å². The second-order valence-corrected chi connectivity index (χ2v) is 3.52. The zero-order chi connectivity index (χ0) is 11.0. The Morgan fingerprint density at radius 1 is 1.40 bits per heavy atom. The molecule has 15 heavy (non-hydrogen) atoms. The number of carbonyl (C=O) groups is 2. The van der Waals surface area contributed by atoms with Crippen LogP contribution in [-0.4, -0.2) is 27.3 Å². The first kappa shape index (κ1) is 9.70. The summed E-state index contributed by atoms with van der Waals surface area (Å²) in [6, 6.07) is 0. The highest BCUT2D eigenvalue weighted by Gasteiger charge is 2.34. The maximum absolute atomic E-state index is 10.9. The molecule has 6 nitrogen and oxygen atoms in total. The smallest absolute Gasteiger partial charge is 0.341 e. The fourth-order valence-corrected chi connectivity index (χ4v) is 1.46. The summed E-state index contributed by atoms with van der Waals surface area (Å²) in [5, 5.41) is 21.1. The molecule has 1 saturated carbocycles. The molecule has 0 saturated heterocycles. The van der Waals surface area contributed by atoms with E-state index in [0.717, 1.165) is 12.8 Å². The SMILES string of the molecule is O=C(O)Cc1onc(C2CC2)c1C(=O)O. The van der Waals surface area contributed by atoms with Gasteiger partial charge in [0.05, 0.1) is 0 Å². The van der Waals surface area contributed by atoms with E-state index in [0.29, 0.717) is 5.69 Å². The molecule has 0 unspecified atom stereocenters. The van der Waals surface area contributed by atoms with Crippen LogP contribution in [0.2, 0.25) is 0 Å². The first-order chi connectivity index (χ1) is 7.09. The van der Waals surface area contributed by atoms with Gasteiger partial charge < -0.3 is 14.7 Å². The molecular weight excluding hydrogens is 202 g/mol. The quantitative estimate of drug-likeness (QED) is 0.766. The number of carboxylic acids is 2. The van der Waals surface area contributed by atoms with Gasteiger partial charge in [-0.2, -0.15) is 0 Å². The highest BCUT2D eigenvalue weighted by atomic mass is 16.5. The van der Waals surface area contributed by atoms with Crippen molar-refractivity contribution in [3.63, 3.8) is 0 Å². The molecule has 0 radical (unpaired) electrons. The van der Waals surface area contributed by atoms with E-state index in [-0.39, 0.29) is 17.2 Å². The summed E-state index contributed by atoms with van der Waals surface area (Å²) in [4.78, 5) is 21.4. The summed E-state index contributed by atoms with van der Waals surface area (Å²) >= 11 is 0. The van der Waals surface area contributed by atoms with Crippen molar-refractivity contribution >= 4 is 11.9 Å². The molecule has 1 fully saturated rings. The van der Waals surface area contributed by atoms with E-state index in [1.54, 1.807) is 0 Å². The third-order valence-electron chi connectivity index (χ3n) is 2.28. The van der Waals surface area contributed by atoms with Gasteiger partial charge in [0.2, 0.25) is 0 Å². The van der Waals surface area contributed by atoms with Gasteiger partial charge in [-0.1, -0.05) is 5.16 Å². The van der Waals surface area contributed by atoms with Gasteiger partial charge in [0.25, 0.3) is 0 Å². The fourth-order valence-electron chi connectivity index (χ4n) is 1.46. The summed E-state index contributed by atoms with van der Waals surface area (Å²) in [6.07, 6.45) is 1.33. The molecule has 2 rings (SSSR count). The van der Waals surface area contributed by atoms with Gasteiger partial charge in [-0.05, 0) is 12.8 Å². The van der Waals surface area contributed by atoms with E-state index in [2.05, 4.69) is 5.16 Å². The number of nitrogens with zero attached hydrogens (tertiary/aromatic N) is 1. The Balaban J connectivity index is 2.37. The number of carboxylic acid groups (broad SMARTS) is 2. The van der Waals surface area contributed by atoms with Gasteiger partial charge in [-0.15, -0.1) is 0 Å². The molecule has 0 spiro atoms. The van der Waals surface area contributed by atoms with E-state index in [4.69, 9.17) is 14.7 Å². The Morgan fingerprint density at radius 2 is 2.07 bits per heavy atom. The van der Waals surface area contributed by atoms with Crippen molar-refractivity contribution in [2.24, 2.45) is 0 Å². The molecule has 0 bridgehead atoms. The standard InChI is InChI=1S/C9H9NO5/c11-6(12)3-5-7(9(13)14)8(10-15-5)4-1-2-4/h4H,1-3H2,(H,11,12)(H,13,14). The highest BCUT2D eigenvalue weighted by Crippen LogP contribution is 2.41. The number of aromatic nitrogens is 1. The molecule has 2 N–H and O–H groups in total. The first-order valence-electron chi connectivity index (χ1n) is 4.53. The normalized spacial score (nSPS) is 15.2. The molecule has 80 valence electrons. The maximum atomic E-state index is 10.9. The van der Waals surface area contributed by atoms with Crippen LogP contribution in [0.1, 0.15) is 40.6 Å². The van der Waals surface area contributed by atoms with Crippen LogP contribution in [0.15, 0.2) is 4.52 Å². The lowest BCUT2D eigenvalue weighted by Gasteiger charge is -1.94. The summed E-state index contributed by atoms with van der Waals surface area (Å²) in [5.41, 5.74) is 0.318. The second-order valence-electron chi connectivity index (χ2n) is 3.52. The second kappa shape index (κ2) is 3.38. The van der Waals surface area contributed by atoms with Crippen molar-refractivity contribution in [3.8, 4) is 0 Å². The molecule has 1 aromatic rings. The molecular formula is C9H9NO5. The molecule has 1 aliphatic rings. The minimum Gasteiger partial charge on any atom is -0.481 e. The largest absolute Gasteiger partial charge is 0.481 e. The van der Waals surface area contributed by atoms with Crippen LogP contribution < -0.4 is 0 Å². The Kier molecular flexibility index (Phi) is 2.18. The number of aliphatic carboxylic acids is 1. The lowest BCUT2D eigenvalue weighted by Crippen LogP contribution is -2.07. The van der Waals surface area contributed by atoms with E-state index >= 15 is 0 Å². The van der Waals surface area contributed by atoms with Crippen LogP contribution in [0, 0.1) is 0 Å². The van der Waals surface area contributed by atoms with Gasteiger partial charge in [-0.3, -0.25) is 4.79 Å². The molecule has 0 atom stereocenters. The van der Waals surface area contributed by atoms with Crippen molar-refractivity contribution in [2.75, 3.05) is 0 Å². The van der Waals surface area contributed by atoms with E-state index < -0.39 is 18.4 Å². The van der Waals surface area contributed by atoms with Gasteiger partial charge in [0, 0.05) is 5.92 Å². The van der Waals surface area contributed by atoms with Crippen molar-refractivity contribution in [1.29, 1.82) is 0 Å². The minimum atomic E-state index is -1.17. The highest BCUT2D eigenvalue weighted by molar-refractivity contribution is 5.91. The Hall–Kier alpha value is -1.85. The van der Waals surface area contributed by atoms with Crippen molar-refractivity contribution in [3.05, 3.63) is 17.0 Å². The number of hydrogen-bond acceptors (Lipinski definition) is 4. The monoisotopic (exact) mass is 211 g/mol. The summed E-state index contributed by atoms with van der Waals surface area (Å²) < 4.78 is 4.76. The maximum Gasteiger partial charge on any atom is 0.341 e. The van der Waals surface area contributed by atoms with Crippen LogP contribution in [0.5, 0.6) is 0 Å². The average molecular weight is 211 g/mol. The molecule has 0 amide bonds. The van der Waals surface area contributed by atoms with Gasteiger partial charge >= 0.3 is 11.9 Å². The lowest BCUT2D eigenvalue weighted by molar-refractivity contribution is -0.136. The van der Waals surface area contributed by atoms with Gasteiger partial charge in [0.1, 0.15) is 17.7 Å². The molecule has 0 aliphatic heterocycles. The van der Waals surface area contributed by atoms with Gasteiger partial charge in [0.15, 0.2) is 5.76 Å². The molecule has 1 heterocycles. The summed E-state index contributed by atoms with van der Waals surface area (Å²) in [7, 11) is 0. The number of aromatic carboxylic acids is 1. The predicted molar refractivity (Wildman–Crippen MR) is 46.8 cm³/mol. The Labute approximate surface area is 84.5 Å². The fraction of sp³-hybridized carbons (Fsp3) is 0.444. The van der Waals surface area contributed by atoms with E-state index in [9.17, 15) is 9.59 Å². The van der Waals surface area contributed by atoms with Crippen molar-refractivity contribution < 1.29 is 24.3 Å². The third-order valence-corrected chi connectivity index (χ3v) is 2.28. The zero-order valence-electron chi connectivity index (χ0n) is 7.77. The Bertz CT molecular complexity index is 418. The van der Waals surface area contributed by atoms with Crippen LogP contribution in [0.4, 0.5) is 0 Å². The molecule has 1 aliphatic carbocycles. The van der Waals surface area contributed by atoms with Crippen LogP contribution in [0.25, 0.3) is 0 Å². The number of rotatable bonds is 4. The molecule has 1 aromatic heterocycles. The average Bonchev–Trinajstić information content (AvgIpc) is 2.87. The molecule has 0 aromatic carbocycles. The number of hydrogen-bond donors (Lipinski definition) is 2. The topological polar surface area (TPSA) is 101 Å². The van der Waals surface area contributed by atoms with Crippen molar-refractivity contribution in [2.45, 2.75) is 25.2 Å². The molecule has 6 heteroatoms. The first-order valence-corrected chi connectivity index (χ1v) is 4.53. The summed E-state index contributed by atoms with van der Waals surface area (Å²) in [5.74, 6) is -2.25. The van der Waals surface area contributed by atoms with Crippen LogP contribution in [0.3, 0.4) is 0 Å². The lowest BCUT2D eigenvalue weighted by atomic mass is 10.1. The minimum absolute atomic E-state index is 0.0695. The Morgan fingerprint density at radius 3 is 2.53 bits per heavy atom. The third kappa shape index (κ3) is 1.83. The van der Waals surface area contributed by atoms with Crippen LogP contribution >= 0.6 is 0 Å². The van der Waals surface area contributed by atoms with Gasteiger partial charge in [-0.25, -0.2) is 4.79 Å². The predicted octanol–water partition coefficient (Wildman–Crippen LogP) is 0.877.